The Bertz CT molecular complexity index is 357. The molecule has 0 fully saturated rings. The molecule has 0 saturated heterocycles. The Balaban J connectivity index is 2.29. The molecule has 16 heavy (non-hydrogen) atoms. The molecular weight excluding hydrogens is 206 g/mol. The van der Waals surface area contributed by atoms with Crippen LogP contribution in [0.1, 0.15) is 5.56 Å². The maximum absolute atomic E-state index is 10.2. The number of rotatable bonds is 6. The molecule has 0 aromatic heterocycles. The maximum atomic E-state index is 10.2. The van der Waals surface area contributed by atoms with E-state index in [4.69, 9.17) is 9.84 Å². The second-order valence-electron chi connectivity index (χ2n) is 3.22. The maximum Gasteiger partial charge on any atom is 0.328 e. The third kappa shape index (κ3) is 4.61. The van der Waals surface area contributed by atoms with Crippen LogP contribution >= 0.6 is 0 Å². The van der Waals surface area contributed by atoms with E-state index in [1.165, 1.54) is 0 Å². The molecule has 0 aliphatic rings. The molecule has 0 radical (unpaired) electrons. The van der Waals surface area contributed by atoms with Crippen LogP contribution in [-0.2, 0) is 11.3 Å². The normalized spacial score (nSPS) is 10.6. The average Bonchev–Trinajstić information content (AvgIpc) is 2.29. The summed E-state index contributed by atoms with van der Waals surface area (Å²) in [4.78, 5) is 10.2. The molecular formula is C12H15NO3. The highest BCUT2D eigenvalue weighted by molar-refractivity contribution is 5.79. The van der Waals surface area contributed by atoms with Crippen molar-refractivity contribution in [1.29, 1.82) is 0 Å². The highest BCUT2D eigenvalue weighted by atomic mass is 16.5. The van der Waals surface area contributed by atoms with Crippen LogP contribution < -0.4 is 10.1 Å². The van der Waals surface area contributed by atoms with Gasteiger partial charge in [0, 0.05) is 19.2 Å². The second kappa shape index (κ2) is 6.63. The molecule has 0 heterocycles. The first-order valence-corrected chi connectivity index (χ1v) is 4.95. The summed E-state index contributed by atoms with van der Waals surface area (Å²) in [6.07, 6.45) is 2.70. The summed E-state index contributed by atoms with van der Waals surface area (Å²) >= 11 is 0. The highest BCUT2D eigenvalue weighted by Crippen LogP contribution is 2.10. The van der Waals surface area contributed by atoms with Gasteiger partial charge in [-0.2, -0.15) is 0 Å². The number of hydrogen-bond acceptors (Lipinski definition) is 3. The Morgan fingerprint density at radius 3 is 2.69 bits per heavy atom. The summed E-state index contributed by atoms with van der Waals surface area (Å²) in [7, 11) is 1.63. The van der Waals surface area contributed by atoms with E-state index < -0.39 is 5.97 Å². The average molecular weight is 221 g/mol. The first kappa shape index (κ1) is 12.3. The van der Waals surface area contributed by atoms with Crippen LogP contribution in [0, 0.1) is 0 Å². The van der Waals surface area contributed by atoms with Crippen LogP contribution in [0.2, 0.25) is 0 Å². The Labute approximate surface area is 94.6 Å². The van der Waals surface area contributed by atoms with Gasteiger partial charge >= 0.3 is 5.97 Å². The minimum Gasteiger partial charge on any atom is -0.497 e. The van der Waals surface area contributed by atoms with Crippen LogP contribution in [0.5, 0.6) is 5.75 Å². The summed E-state index contributed by atoms with van der Waals surface area (Å²) in [6, 6.07) is 7.72. The quantitative estimate of drug-likeness (QED) is 0.563. The fourth-order valence-electron chi connectivity index (χ4n) is 1.20. The molecule has 0 unspecified atom stereocenters. The van der Waals surface area contributed by atoms with Crippen LogP contribution in [-0.4, -0.2) is 24.7 Å². The third-order valence-electron chi connectivity index (χ3n) is 2.01. The lowest BCUT2D eigenvalue weighted by molar-refractivity contribution is -0.131. The van der Waals surface area contributed by atoms with Gasteiger partial charge in [0.15, 0.2) is 0 Å². The number of benzene rings is 1. The number of ether oxygens (including phenoxy) is 1. The zero-order valence-corrected chi connectivity index (χ0v) is 9.14. The van der Waals surface area contributed by atoms with Crippen molar-refractivity contribution >= 4 is 5.97 Å². The topological polar surface area (TPSA) is 58.6 Å². The van der Waals surface area contributed by atoms with Crippen molar-refractivity contribution < 1.29 is 14.6 Å². The number of hydrogen-bond donors (Lipinski definition) is 2. The van der Waals surface area contributed by atoms with Gasteiger partial charge in [0.1, 0.15) is 5.75 Å². The highest BCUT2D eigenvalue weighted by Gasteiger charge is 1.93. The van der Waals surface area contributed by atoms with E-state index in [-0.39, 0.29) is 0 Å². The largest absolute Gasteiger partial charge is 0.497 e. The molecule has 0 amide bonds. The lowest BCUT2D eigenvalue weighted by Gasteiger charge is -2.03. The molecule has 0 bridgehead atoms. The summed E-state index contributed by atoms with van der Waals surface area (Å²) in [5.41, 5.74) is 1.13. The zero-order chi connectivity index (χ0) is 11.8. The molecule has 0 aliphatic heterocycles. The van der Waals surface area contributed by atoms with E-state index in [9.17, 15) is 4.79 Å². The smallest absolute Gasteiger partial charge is 0.328 e. The van der Waals surface area contributed by atoms with Gasteiger partial charge in [-0.15, -0.1) is 0 Å². The van der Waals surface area contributed by atoms with Gasteiger partial charge in [-0.1, -0.05) is 18.2 Å². The third-order valence-corrected chi connectivity index (χ3v) is 2.01. The molecule has 1 aromatic carbocycles. The molecule has 1 aromatic rings. The Kier molecular flexibility index (Phi) is 5.08. The summed E-state index contributed by atoms with van der Waals surface area (Å²) < 4.78 is 5.04. The number of methoxy groups -OCH3 is 1. The van der Waals surface area contributed by atoms with E-state index in [1.54, 1.807) is 13.2 Å². The first-order valence-electron chi connectivity index (χ1n) is 4.95. The van der Waals surface area contributed by atoms with Crippen LogP contribution in [0.25, 0.3) is 0 Å². The number of nitrogens with one attached hydrogen (secondary N) is 1. The minimum absolute atomic E-state index is 0.540. The Hall–Kier alpha value is -1.81. The molecule has 0 saturated carbocycles. The standard InChI is InChI=1S/C12H15NO3/c1-16-11-6-4-10(5-7-11)9-13-8-2-3-12(14)15/h2-7,13H,8-9H2,1H3,(H,14,15)/b3-2+. The molecule has 2 N–H and O–H groups in total. The van der Waals surface area contributed by atoms with Crippen LogP contribution in [0.15, 0.2) is 36.4 Å². The molecule has 0 aliphatic carbocycles. The monoisotopic (exact) mass is 221 g/mol. The first-order chi connectivity index (χ1) is 7.72. The lowest BCUT2D eigenvalue weighted by atomic mass is 10.2. The van der Waals surface area contributed by atoms with E-state index in [0.29, 0.717) is 13.1 Å². The van der Waals surface area contributed by atoms with Gasteiger partial charge < -0.3 is 15.2 Å². The van der Waals surface area contributed by atoms with Gasteiger partial charge in [0.25, 0.3) is 0 Å². The number of carbonyl (C=O) groups is 1. The molecule has 86 valence electrons. The molecule has 0 spiro atoms. The SMILES string of the molecule is COc1ccc(CNC/C=C/C(=O)O)cc1. The van der Waals surface area contributed by atoms with Gasteiger partial charge in [0.05, 0.1) is 7.11 Å². The van der Waals surface area contributed by atoms with Gasteiger partial charge in [0.2, 0.25) is 0 Å². The van der Waals surface area contributed by atoms with E-state index in [0.717, 1.165) is 17.4 Å². The van der Waals surface area contributed by atoms with Crippen molar-refractivity contribution in [2.45, 2.75) is 6.54 Å². The Morgan fingerprint density at radius 1 is 1.44 bits per heavy atom. The fraction of sp³-hybridized carbons (Fsp3) is 0.250. The van der Waals surface area contributed by atoms with Crippen molar-refractivity contribution in [3.05, 3.63) is 42.0 Å². The summed E-state index contributed by atoms with van der Waals surface area (Å²) in [5.74, 6) is -0.0965. The van der Waals surface area contributed by atoms with Gasteiger partial charge in [-0.05, 0) is 17.7 Å². The molecule has 0 atom stereocenters. The second-order valence-corrected chi connectivity index (χ2v) is 3.22. The predicted molar refractivity (Wildman–Crippen MR) is 61.5 cm³/mol. The summed E-state index contributed by atoms with van der Waals surface area (Å²) in [5, 5.41) is 11.5. The predicted octanol–water partition coefficient (Wildman–Crippen LogP) is 1.43. The number of carboxylic acid groups (broad SMARTS) is 1. The van der Waals surface area contributed by atoms with Crippen LogP contribution in [0.3, 0.4) is 0 Å². The minimum atomic E-state index is -0.925. The van der Waals surface area contributed by atoms with Crippen molar-refractivity contribution in [1.82, 2.24) is 5.32 Å². The fourth-order valence-corrected chi connectivity index (χ4v) is 1.20. The van der Waals surface area contributed by atoms with Crippen molar-refractivity contribution in [3.8, 4) is 5.75 Å². The Morgan fingerprint density at radius 2 is 2.12 bits per heavy atom. The zero-order valence-electron chi connectivity index (χ0n) is 9.14. The van der Waals surface area contributed by atoms with Crippen molar-refractivity contribution in [2.75, 3.05) is 13.7 Å². The van der Waals surface area contributed by atoms with Crippen molar-refractivity contribution in [3.63, 3.8) is 0 Å². The molecule has 4 nitrogen and oxygen atoms in total. The van der Waals surface area contributed by atoms with E-state index >= 15 is 0 Å². The van der Waals surface area contributed by atoms with Gasteiger partial charge in [-0.25, -0.2) is 4.79 Å². The number of aliphatic carboxylic acids is 1. The van der Waals surface area contributed by atoms with Crippen molar-refractivity contribution in [2.24, 2.45) is 0 Å². The van der Waals surface area contributed by atoms with Crippen LogP contribution in [0.4, 0.5) is 0 Å². The molecule has 4 heteroatoms. The van der Waals surface area contributed by atoms with E-state index in [1.807, 2.05) is 24.3 Å². The lowest BCUT2D eigenvalue weighted by Crippen LogP contribution is -2.13. The summed E-state index contributed by atoms with van der Waals surface area (Å²) in [6.45, 7) is 1.24. The van der Waals surface area contributed by atoms with Gasteiger partial charge in [-0.3, -0.25) is 0 Å². The molecule has 1 rings (SSSR count). The number of carboxylic acids is 1. The van der Waals surface area contributed by atoms with E-state index in [2.05, 4.69) is 5.32 Å².